The number of benzene rings is 1. The van der Waals surface area contributed by atoms with Crippen molar-refractivity contribution < 1.29 is 55.8 Å². The third-order valence-corrected chi connectivity index (χ3v) is 13.3. The number of methoxy groups -OCH3 is 4. The minimum absolute atomic E-state index is 0. The number of ether oxygens (including phenoxy) is 4. The summed E-state index contributed by atoms with van der Waals surface area (Å²) in [6, 6.07) is 6.57. The van der Waals surface area contributed by atoms with Crippen LogP contribution in [0.3, 0.4) is 0 Å². The topological polar surface area (TPSA) is 245 Å². The molecular formula is C43H72ClN4O12S+. The number of carbonyl (C=O) groups is 4. The maximum absolute atomic E-state index is 12.1. The summed E-state index contributed by atoms with van der Waals surface area (Å²) in [7, 11) is 1.94. The summed E-state index contributed by atoms with van der Waals surface area (Å²) in [4.78, 5) is 48.3. The van der Waals surface area contributed by atoms with Gasteiger partial charge < -0.3 is 29.8 Å². The maximum atomic E-state index is 12.1. The summed E-state index contributed by atoms with van der Waals surface area (Å²) in [5.74, 6) is 0.808. The molecule has 0 bridgehead atoms. The van der Waals surface area contributed by atoms with E-state index in [1.807, 2.05) is 6.92 Å². The Labute approximate surface area is 368 Å². The van der Waals surface area contributed by atoms with Gasteiger partial charge in [0, 0.05) is 6.61 Å². The van der Waals surface area contributed by atoms with Gasteiger partial charge in [-0.2, -0.15) is 8.42 Å². The SMILES string of the molecule is COC(=O)[C@H]1CCCC(COS(=O)(=O)c2ccc(C)cc2)C1.COC(=O)[C@H]1CCC[C@@H](CN)C1.COC(=O)[C@H]1CCC[C@@H](CN=[N+]=N)C1.COC(=O)[C@H]1CCC[C@@H](CO)C1.Cl. The number of nitrogens with one attached hydrogen (secondary N) is 1. The van der Waals surface area contributed by atoms with Crippen molar-refractivity contribution in [3.8, 4) is 0 Å². The molecule has 8 atom stereocenters. The van der Waals surface area contributed by atoms with Gasteiger partial charge >= 0.3 is 23.9 Å². The van der Waals surface area contributed by atoms with Gasteiger partial charge in [-0.05, 0) is 126 Å². The normalized spacial score (nSPS) is 25.8. The molecule has 61 heavy (non-hydrogen) atoms. The zero-order chi connectivity index (χ0) is 44.5. The Morgan fingerprint density at radius 2 is 1.05 bits per heavy atom. The van der Waals surface area contributed by atoms with Crippen LogP contribution in [0.25, 0.3) is 0 Å². The van der Waals surface area contributed by atoms with Crippen molar-refractivity contribution in [3.63, 3.8) is 0 Å². The number of hydrogen-bond acceptors (Lipinski definition) is 15. The van der Waals surface area contributed by atoms with E-state index in [0.29, 0.717) is 37.3 Å². The van der Waals surface area contributed by atoms with Crippen LogP contribution in [0, 0.1) is 59.8 Å². The lowest BCUT2D eigenvalue weighted by Crippen LogP contribution is -2.27. The minimum Gasteiger partial charge on any atom is -0.469 e. The van der Waals surface area contributed by atoms with Crippen LogP contribution < -0.4 is 10.6 Å². The molecule has 0 radical (unpaired) electrons. The summed E-state index contributed by atoms with van der Waals surface area (Å²) < 4.78 is 48.3. The molecule has 1 unspecified atom stereocenters. The van der Waals surface area contributed by atoms with Crippen molar-refractivity contribution >= 4 is 46.4 Å². The number of rotatable bonds is 12. The number of hydrogen-bond donors (Lipinski definition) is 3. The van der Waals surface area contributed by atoms with E-state index in [2.05, 4.69) is 14.8 Å². The minimum atomic E-state index is -3.74. The number of aryl methyl sites for hydroxylation is 1. The average molecular weight is 905 g/mol. The highest BCUT2D eigenvalue weighted by Crippen LogP contribution is 2.32. The molecule has 5 rings (SSSR count). The molecule has 0 saturated heterocycles. The van der Waals surface area contributed by atoms with Gasteiger partial charge in [0.05, 0.1) is 63.6 Å². The molecule has 4 saturated carbocycles. The van der Waals surface area contributed by atoms with Gasteiger partial charge in [-0.3, -0.25) is 23.4 Å². The number of nitrogens with two attached hydrogens (primary N) is 1. The number of aliphatic hydroxyl groups is 1. The van der Waals surface area contributed by atoms with Gasteiger partial charge in [0.15, 0.2) is 0 Å². The van der Waals surface area contributed by atoms with Crippen molar-refractivity contribution in [2.24, 2.45) is 58.2 Å². The standard InChI is InChI=1S/C16H22O5S.C9H16N3O2.C9H17NO2.C9H16O3.ClH/c1-12-6-8-15(9-7-12)22(18,19)21-11-13-4-3-5-14(10-13)16(17)20-2;1-14-9(13)8-4-2-3-7(5-8)6-11-12-10;2*1-12-9(11)8-4-2-3-7(5-8)6-10;/h6-9,13-14H,3-5,10-11H2,1-2H3;7-8,10H,2-6H2,1H3;7-8H,2-6,10H2,1H3;7-8,10H,2-6H2,1H3;1H/q;+1;;;/t13?,14-;3*7-,8+;/m0111./s1. The molecule has 1 aromatic carbocycles. The average Bonchev–Trinajstić information content (AvgIpc) is 3.30. The first-order valence-electron chi connectivity index (χ1n) is 21.4. The van der Waals surface area contributed by atoms with Gasteiger partial charge in [0.1, 0.15) is 17.2 Å². The number of esters is 4. The first-order valence-corrected chi connectivity index (χ1v) is 22.8. The Morgan fingerprint density at radius 1 is 0.672 bits per heavy atom. The van der Waals surface area contributed by atoms with E-state index in [4.69, 9.17) is 34.8 Å². The third kappa shape index (κ3) is 20.5. The van der Waals surface area contributed by atoms with Crippen LogP contribution in [0.5, 0.6) is 0 Å². The summed E-state index contributed by atoms with van der Waals surface area (Å²) in [5.41, 5.74) is 13.1. The van der Waals surface area contributed by atoms with E-state index >= 15 is 0 Å². The second-order valence-electron chi connectivity index (χ2n) is 16.4. The lowest BCUT2D eigenvalue weighted by atomic mass is 9.81. The van der Waals surface area contributed by atoms with Gasteiger partial charge in [-0.15, -0.1) is 12.4 Å². The maximum Gasteiger partial charge on any atom is 0.308 e. The number of nitrogens with zero attached hydrogens (tertiary/aromatic N) is 2. The fourth-order valence-electron chi connectivity index (χ4n) is 8.50. The molecule has 0 spiro atoms. The number of aliphatic hydroxyl groups excluding tert-OH is 1. The second kappa shape index (κ2) is 30.6. The van der Waals surface area contributed by atoms with Crippen molar-refractivity contribution in [1.82, 2.24) is 4.91 Å². The van der Waals surface area contributed by atoms with Crippen LogP contribution in [-0.4, -0.2) is 92.1 Å². The zero-order valence-corrected chi connectivity index (χ0v) is 38.4. The van der Waals surface area contributed by atoms with Crippen molar-refractivity contribution in [3.05, 3.63) is 29.8 Å². The van der Waals surface area contributed by atoms with E-state index in [9.17, 15) is 27.6 Å². The molecule has 348 valence electrons. The monoisotopic (exact) mass is 903 g/mol. The van der Waals surface area contributed by atoms with E-state index in [1.165, 1.54) is 34.9 Å². The molecule has 0 amide bonds. The van der Waals surface area contributed by atoms with Crippen LogP contribution in [-0.2, 0) is 52.4 Å². The lowest BCUT2D eigenvalue weighted by Gasteiger charge is -2.26. The summed E-state index contributed by atoms with van der Waals surface area (Å²) in [6.07, 6.45) is 15.0. The fraction of sp³-hybridized carbons (Fsp3) is 0.767. The van der Waals surface area contributed by atoms with Gasteiger partial charge in [0.2, 0.25) is 4.91 Å². The molecule has 0 aromatic heterocycles. The first-order chi connectivity index (χ1) is 28.7. The highest BCUT2D eigenvalue weighted by molar-refractivity contribution is 7.86. The summed E-state index contributed by atoms with van der Waals surface area (Å²) in [5, 5.41) is 12.6. The highest BCUT2D eigenvalue weighted by atomic mass is 35.5. The van der Waals surface area contributed by atoms with E-state index in [1.54, 1.807) is 24.3 Å². The van der Waals surface area contributed by atoms with Crippen molar-refractivity contribution in [2.75, 3.05) is 54.7 Å². The zero-order valence-electron chi connectivity index (χ0n) is 36.8. The number of halogens is 1. The third-order valence-electron chi connectivity index (χ3n) is 12.0. The van der Waals surface area contributed by atoms with Crippen LogP contribution >= 0.6 is 12.4 Å². The quantitative estimate of drug-likeness (QED) is 0.0668. The van der Waals surface area contributed by atoms with Crippen LogP contribution in [0.4, 0.5) is 0 Å². The largest absolute Gasteiger partial charge is 0.469 e. The Morgan fingerprint density at radius 3 is 1.46 bits per heavy atom. The Bertz CT molecular complexity index is 1580. The van der Waals surface area contributed by atoms with E-state index in [-0.39, 0.29) is 84.0 Å². The molecule has 4 aliphatic carbocycles. The molecule has 18 heteroatoms. The Kier molecular flexibility index (Phi) is 27.8. The van der Waals surface area contributed by atoms with E-state index < -0.39 is 10.1 Å². The first kappa shape index (κ1) is 55.5. The lowest BCUT2D eigenvalue weighted by molar-refractivity contribution is -0.148. The Hall–Kier alpha value is -3.47. The molecule has 1 aromatic rings. The molecule has 0 heterocycles. The molecule has 0 aliphatic heterocycles. The van der Waals surface area contributed by atoms with Gasteiger partial charge in [-0.25, -0.2) is 0 Å². The fourth-order valence-corrected chi connectivity index (χ4v) is 9.48. The summed E-state index contributed by atoms with van der Waals surface area (Å²) >= 11 is 0. The van der Waals surface area contributed by atoms with E-state index in [0.717, 1.165) is 95.5 Å². The van der Waals surface area contributed by atoms with Crippen LogP contribution in [0.1, 0.15) is 108 Å². The van der Waals surface area contributed by atoms with Gasteiger partial charge in [-0.1, -0.05) is 43.4 Å². The van der Waals surface area contributed by atoms with Crippen LogP contribution in [0.15, 0.2) is 34.3 Å². The number of carbonyl (C=O) groups excluding carboxylic acids is 4. The molecule has 16 nitrogen and oxygen atoms in total. The smallest absolute Gasteiger partial charge is 0.308 e. The van der Waals surface area contributed by atoms with Crippen molar-refractivity contribution in [2.45, 2.75) is 115 Å². The predicted molar refractivity (Wildman–Crippen MR) is 230 cm³/mol. The van der Waals surface area contributed by atoms with Crippen LogP contribution in [0.2, 0.25) is 0 Å². The summed E-state index contributed by atoms with van der Waals surface area (Å²) in [6.45, 7) is 3.48. The molecule has 4 aliphatic rings. The van der Waals surface area contributed by atoms with Crippen molar-refractivity contribution in [1.29, 1.82) is 5.53 Å². The highest BCUT2D eigenvalue weighted by Gasteiger charge is 2.31. The Balaban J connectivity index is 0.000000420. The second-order valence-corrected chi connectivity index (χ2v) is 18.0. The predicted octanol–water partition coefficient (Wildman–Crippen LogP) is 6.50. The molecule has 4 fully saturated rings. The molecular weight excluding hydrogens is 832 g/mol. The molecule has 4 N–H and O–H groups in total. The van der Waals surface area contributed by atoms with Gasteiger partial charge in [0.25, 0.3) is 10.1 Å².